The molecule has 0 saturated carbocycles. The number of nitrogens with zero attached hydrogens (tertiary/aromatic N) is 4. The van der Waals surface area contributed by atoms with E-state index < -0.39 is 11.0 Å². The third-order valence-corrected chi connectivity index (χ3v) is 6.32. The van der Waals surface area contributed by atoms with Gasteiger partial charge >= 0.3 is 0 Å². The number of carbonyl (C=O) groups is 1. The average molecular weight is 465 g/mol. The van der Waals surface area contributed by atoms with Crippen molar-refractivity contribution >= 4 is 35.0 Å². The molecule has 0 spiro atoms. The zero-order chi connectivity index (χ0) is 23.7. The first-order valence-corrected chi connectivity index (χ1v) is 11.5. The maximum atomic E-state index is 13.6. The Morgan fingerprint density at radius 1 is 1.24 bits per heavy atom. The molecule has 1 aliphatic heterocycles. The Labute approximate surface area is 195 Å². The van der Waals surface area contributed by atoms with Gasteiger partial charge in [0.2, 0.25) is 11.1 Å². The molecule has 0 saturated heterocycles. The molecule has 0 fully saturated rings. The predicted octanol–water partition coefficient (Wildman–Crippen LogP) is 4.84. The van der Waals surface area contributed by atoms with E-state index in [-0.39, 0.29) is 11.6 Å². The highest BCUT2D eigenvalue weighted by atomic mass is 32.2. The highest BCUT2D eigenvalue weighted by molar-refractivity contribution is 7.99. The standard InChI is InChI=1S/C23H24N6O3S/c1-5-33-23-26-22-24-15(4)19(21(30)25-18-11-6-8-13(2)14(18)3)20(28(22)27-23)16-9-7-10-17(12-16)29(31)32/h6-12,20H,5H2,1-4H3,(H,25,30)(H,24,26,27). The normalized spacial score (nSPS) is 15.1. The Morgan fingerprint density at radius 3 is 2.73 bits per heavy atom. The summed E-state index contributed by atoms with van der Waals surface area (Å²) < 4.78 is 1.63. The van der Waals surface area contributed by atoms with Crippen LogP contribution in [0.2, 0.25) is 0 Å². The number of aromatic nitrogens is 3. The number of fused-ring (bicyclic) bond motifs is 1. The van der Waals surface area contributed by atoms with E-state index >= 15 is 0 Å². The Balaban J connectivity index is 1.82. The second-order valence-corrected chi connectivity index (χ2v) is 8.95. The van der Waals surface area contributed by atoms with Crippen LogP contribution in [0.4, 0.5) is 17.3 Å². The van der Waals surface area contributed by atoms with Crippen LogP contribution < -0.4 is 10.6 Å². The minimum Gasteiger partial charge on any atom is -0.328 e. The van der Waals surface area contributed by atoms with Gasteiger partial charge in [0, 0.05) is 23.5 Å². The van der Waals surface area contributed by atoms with E-state index in [1.54, 1.807) is 23.7 Å². The largest absolute Gasteiger partial charge is 0.328 e. The molecule has 3 aromatic rings. The molecule has 2 N–H and O–H groups in total. The van der Waals surface area contributed by atoms with Crippen molar-refractivity contribution in [1.29, 1.82) is 0 Å². The lowest BCUT2D eigenvalue weighted by molar-refractivity contribution is -0.384. The second-order valence-electron chi connectivity index (χ2n) is 7.72. The van der Waals surface area contributed by atoms with E-state index in [0.29, 0.717) is 33.6 Å². The van der Waals surface area contributed by atoms with E-state index in [1.807, 2.05) is 39.0 Å². The van der Waals surface area contributed by atoms with Crippen LogP contribution in [0.3, 0.4) is 0 Å². The maximum Gasteiger partial charge on any atom is 0.269 e. The van der Waals surface area contributed by atoms with Crippen LogP contribution in [0.25, 0.3) is 0 Å². The van der Waals surface area contributed by atoms with Gasteiger partial charge in [-0.3, -0.25) is 14.9 Å². The SMILES string of the molecule is CCSc1nc2n(n1)C(c1cccc([N+](=O)[O-])c1)C(C(=O)Nc1cccc(C)c1C)=C(C)N2. The molecule has 1 amide bonds. The Morgan fingerprint density at radius 2 is 2.00 bits per heavy atom. The summed E-state index contributed by atoms with van der Waals surface area (Å²) in [6.07, 6.45) is 0. The third kappa shape index (κ3) is 4.34. The van der Waals surface area contributed by atoms with Crippen molar-refractivity contribution < 1.29 is 9.72 Å². The van der Waals surface area contributed by atoms with Crippen LogP contribution in [-0.4, -0.2) is 31.3 Å². The van der Waals surface area contributed by atoms with E-state index in [0.717, 1.165) is 16.9 Å². The number of carbonyl (C=O) groups excluding carboxylic acids is 1. The molecule has 33 heavy (non-hydrogen) atoms. The first kappa shape index (κ1) is 22.5. The zero-order valence-corrected chi connectivity index (χ0v) is 19.6. The van der Waals surface area contributed by atoms with Gasteiger partial charge < -0.3 is 10.6 Å². The quantitative estimate of drug-likeness (QED) is 0.305. The van der Waals surface area contributed by atoms with E-state index in [1.165, 1.54) is 23.9 Å². The molecule has 10 heteroatoms. The molecule has 170 valence electrons. The van der Waals surface area contributed by atoms with Crippen LogP contribution in [0.1, 0.15) is 36.6 Å². The smallest absolute Gasteiger partial charge is 0.269 e. The molecule has 1 atom stereocenters. The summed E-state index contributed by atoms with van der Waals surface area (Å²) >= 11 is 1.48. The number of non-ortho nitro benzene ring substituents is 1. The molecule has 0 radical (unpaired) electrons. The number of benzene rings is 2. The van der Waals surface area contributed by atoms with Gasteiger partial charge in [0.1, 0.15) is 6.04 Å². The highest BCUT2D eigenvalue weighted by Crippen LogP contribution is 2.37. The van der Waals surface area contributed by atoms with Crippen LogP contribution in [0.15, 0.2) is 58.9 Å². The van der Waals surface area contributed by atoms with Gasteiger partial charge in [0.25, 0.3) is 11.6 Å². The Kier molecular flexibility index (Phi) is 6.19. The number of nitrogens with one attached hydrogen (secondary N) is 2. The molecule has 1 unspecified atom stereocenters. The number of allylic oxidation sites excluding steroid dienone is 1. The van der Waals surface area contributed by atoms with Crippen LogP contribution in [0, 0.1) is 24.0 Å². The number of thioether (sulfide) groups is 1. The number of amides is 1. The van der Waals surface area contributed by atoms with Gasteiger partial charge in [-0.25, -0.2) is 4.68 Å². The molecule has 1 aliphatic rings. The summed E-state index contributed by atoms with van der Waals surface area (Å²) in [4.78, 5) is 29.1. The number of nitro benzene ring substituents is 1. The summed E-state index contributed by atoms with van der Waals surface area (Å²) in [5.74, 6) is 0.969. The molecule has 0 bridgehead atoms. The molecule has 2 heterocycles. The molecular formula is C23H24N6O3S. The van der Waals surface area contributed by atoms with E-state index in [4.69, 9.17) is 0 Å². The zero-order valence-electron chi connectivity index (χ0n) is 18.7. The third-order valence-electron chi connectivity index (χ3n) is 5.60. The molecule has 4 rings (SSSR count). The van der Waals surface area contributed by atoms with Gasteiger partial charge in [0.05, 0.1) is 10.5 Å². The predicted molar refractivity (Wildman–Crippen MR) is 129 cm³/mol. The molecule has 0 aliphatic carbocycles. The van der Waals surface area contributed by atoms with Gasteiger partial charge in [0.15, 0.2) is 0 Å². The summed E-state index contributed by atoms with van der Waals surface area (Å²) in [6.45, 7) is 7.74. The fraction of sp³-hybridized carbons (Fsp3) is 0.261. The lowest BCUT2D eigenvalue weighted by atomic mass is 9.94. The van der Waals surface area contributed by atoms with Crippen molar-refractivity contribution in [2.75, 3.05) is 16.4 Å². The lowest BCUT2D eigenvalue weighted by Crippen LogP contribution is -2.31. The number of aryl methyl sites for hydroxylation is 1. The Bertz CT molecular complexity index is 1280. The maximum absolute atomic E-state index is 13.6. The minimum atomic E-state index is -0.676. The van der Waals surface area contributed by atoms with E-state index in [2.05, 4.69) is 20.7 Å². The molecular weight excluding hydrogens is 440 g/mol. The minimum absolute atomic E-state index is 0.0530. The van der Waals surface area contributed by atoms with Gasteiger partial charge in [-0.15, -0.1) is 5.10 Å². The van der Waals surface area contributed by atoms with Crippen molar-refractivity contribution in [2.45, 2.75) is 38.9 Å². The fourth-order valence-electron chi connectivity index (χ4n) is 3.81. The van der Waals surface area contributed by atoms with Crippen LogP contribution in [-0.2, 0) is 4.79 Å². The number of hydrogen-bond donors (Lipinski definition) is 2. The average Bonchev–Trinajstić information content (AvgIpc) is 3.18. The number of anilines is 2. The van der Waals surface area contributed by atoms with Gasteiger partial charge in [-0.1, -0.05) is 43.0 Å². The van der Waals surface area contributed by atoms with Crippen molar-refractivity contribution in [3.05, 3.63) is 80.5 Å². The topological polar surface area (TPSA) is 115 Å². The van der Waals surface area contributed by atoms with Crippen LogP contribution in [0.5, 0.6) is 0 Å². The highest BCUT2D eigenvalue weighted by Gasteiger charge is 2.35. The summed E-state index contributed by atoms with van der Waals surface area (Å²) in [7, 11) is 0. The van der Waals surface area contributed by atoms with Crippen molar-refractivity contribution in [3.8, 4) is 0 Å². The summed E-state index contributed by atoms with van der Waals surface area (Å²) in [5, 5.41) is 22.8. The van der Waals surface area contributed by atoms with Crippen molar-refractivity contribution in [2.24, 2.45) is 0 Å². The second kappa shape index (κ2) is 9.07. The van der Waals surface area contributed by atoms with Crippen LogP contribution >= 0.6 is 11.8 Å². The first-order chi connectivity index (χ1) is 15.8. The van der Waals surface area contributed by atoms with Gasteiger partial charge in [-0.2, -0.15) is 4.98 Å². The molecule has 2 aromatic carbocycles. The van der Waals surface area contributed by atoms with Crippen molar-refractivity contribution in [3.63, 3.8) is 0 Å². The Hall–Kier alpha value is -3.66. The molecule has 9 nitrogen and oxygen atoms in total. The lowest BCUT2D eigenvalue weighted by Gasteiger charge is -2.28. The summed E-state index contributed by atoms with van der Waals surface area (Å²) in [6, 6.07) is 11.3. The van der Waals surface area contributed by atoms with Crippen molar-refractivity contribution in [1.82, 2.24) is 14.8 Å². The van der Waals surface area contributed by atoms with E-state index in [9.17, 15) is 14.9 Å². The number of hydrogen-bond acceptors (Lipinski definition) is 7. The monoisotopic (exact) mass is 464 g/mol. The first-order valence-electron chi connectivity index (χ1n) is 10.5. The molecule has 1 aromatic heterocycles. The van der Waals surface area contributed by atoms with Gasteiger partial charge in [-0.05, 0) is 49.3 Å². The fourth-order valence-corrected chi connectivity index (χ4v) is 4.36. The summed E-state index contributed by atoms with van der Waals surface area (Å²) in [5.41, 5.74) is 4.31. The number of rotatable bonds is 6. The number of nitro groups is 1.